The Labute approximate surface area is 227 Å². The topological polar surface area (TPSA) is 87.9 Å². The van der Waals surface area contributed by atoms with Crippen LogP contribution in [0.2, 0.25) is 5.02 Å². The van der Waals surface area contributed by atoms with Crippen molar-refractivity contribution in [2.45, 2.75) is 67.7 Å². The highest BCUT2D eigenvalue weighted by atomic mass is 35.5. The zero-order chi connectivity index (χ0) is 28.8. The standard InChI is InChI=1S/C11H15Cl.C10H14.C8H14N2.CH5N.CH3N/c1-4-8(2)10-6-5-9(3)11(12)7-10;1-7-5-8(2)10(4)9(3)6-7;1-7(2)8(3)10-6-4-5-9;2*1-2/h5-8H,4H2,1-3H3;5-6H,1-4H3;4,6,10H,1,3,5,9H2,2H3;2H2,1H3;2H,1H2/b;;6-4-;;. The van der Waals surface area contributed by atoms with Crippen molar-refractivity contribution in [3.63, 3.8) is 0 Å². The number of aryl methyl sites for hydroxylation is 4. The summed E-state index contributed by atoms with van der Waals surface area (Å²) in [6.07, 6.45) is 4.74. The van der Waals surface area contributed by atoms with Crippen molar-refractivity contribution < 1.29 is 0 Å². The number of hydrogen-bond acceptors (Lipinski definition) is 4. The van der Waals surface area contributed by atoms with Crippen molar-refractivity contribution in [3.8, 4) is 0 Å². The average molecular weight is 515 g/mol. The smallest absolute Gasteiger partial charge is 0.0438 e. The van der Waals surface area contributed by atoms with Crippen molar-refractivity contribution in [1.29, 1.82) is 5.41 Å². The summed E-state index contributed by atoms with van der Waals surface area (Å²) in [4.78, 5) is 0. The van der Waals surface area contributed by atoms with Gasteiger partial charge in [0.1, 0.15) is 0 Å². The molecule has 2 aromatic rings. The van der Waals surface area contributed by atoms with E-state index < -0.39 is 0 Å². The maximum Gasteiger partial charge on any atom is 0.0438 e. The fourth-order valence-corrected chi connectivity index (χ4v) is 2.94. The molecule has 202 valence electrons. The Morgan fingerprint density at radius 2 is 1.50 bits per heavy atom. The molecule has 5 heteroatoms. The first-order chi connectivity index (χ1) is 16.9. The quantitative estimate of drug-likeness (QED) is 0.232. The maximum atomic E-state index is 6.01. The molecule has 0 radical (unpaired) electrons. The van der Waals surface area contributed by atoms with Gasteiger partial charge in [-0.2, -0.15) is 0 Å². The van der Waals surface area contributed by atoms with E-state index in [-0.39, 0.29) is 0 Å². The van der Waals surface area contributed by atoms with Crippen LogP contribution < -0.4 is 16.8 Å². The molecule has 6 N–H and O–H groups in total. The third kappa shape index (κ3) is 16.9. The number of nitrogens with one attached hydrogen (secondary N) is 2. The molecular weight excluding hydrogens is 464 g/mol. The second-order valence-electron chi connectivity index (χ2n) is 8.38. The molecule has 0 aliphatic heterocycles. The van der Waals surface area contributed by atoms with Gasteiger partial charge in [0.15, 0.2) is 0 Å². The Kier molecular flexibility index (Phi) is 24.0. The van der Waals surface area contributed by atoms with Gasteiger partial charge in [0.2, 0.25) is 0 Å². The van der Waals surface area contributed by atoms with E-state index in [4.69, 9.17) is 22.7 Å². The molecule has 0 saturated heterocycles. The molecule has 2 rings (SSSR count). The van der Waals surface area contributed by atoms with Crippen LogP contribution in [0.25, 0.3) is 0 Å². The zero-order valence-electron chi connectivity index (χ0n) is 24.2. The van der Waals surface area contributed by atoms with Gasteiger partial charge in [0, 0.05) is 17.3 Å². The highest BCUT2D eigenvalue weighted by Crippen LogP contribution is 2.24. The van der Waals surface area contributed by atoms with Crippen LogP contribution in [0.5, 0.6) is 0 Å². The Morgan fingerprint density at radius 3 is 1.89 bits per heavy atom. The van der Waals surface area contributed by atoms with Crippen molar-refractivity contribution in [2.75, 3.05) is 13.6 Å². The molecule has 0 heterocycles. The molecule has 4 nitrogen and oxygen atoms in total. The molecule has 1 atom stereocenters. The van der Waals surface area contributed by atoms with E-state index >= 15 is 0 Å². The number of nitrogens with two attached hydrogens (primary N) is 2. The van der Waals surface area contributed by atoms with Gasteiger partial charge in [0.05, 0.1) is 0 Å². The summed E-state index contributed by atoms with van der Waals surface area (Å²) in [5.41, 5.74) is 19.5. The fourth-order valence-electron chi connectivity index (χ4n) is 2.75. The maximum absolute atomic E-state index is 6.01. The third-order valence-electron chi connectivity index (χ3n) is 5.48. The minimum absolute atomic E-state index is 0.538. The van der Waals surface area contributed by atoms with Crippen molar-refractivity contribution >= 4 is 18.3 Å². The summed E-state index contributed by atoms with van der Waals surface area (Å²) in [5, 5.41) is 9.31. The minimum atomic E-state index is 0.538. The van der Waals surface area contributed by atoms with E-state index in [0.717, 1.165) is 21.9 Å². The Bertz CT molecular complexity index is 909. The molecule has 1 unspecified atom stereocenters. The predicted molar refractivity (Wildman–Crippen MR) is 166 cm³/mol. The molecule has 2 aromatic carbocycles. The molecule has 36 heavy (non-hydrogen) atoms. The molecular formula is C31H51ClN4. The fraction of sp³-hybridized carbons (Fsp3) is 0.387. The summed E-state index contributed by atoms with van der Waals surface area (Å²) < 4.78 is 0. The summed E-state index contributed by atoms with van der Waals surface area (Å²) in [7, 11) is 1.50. The molecule has 0 amide bonds. The number of hydrogen-bond donors (Lipinski definition) is 4. The SMILES string of the molecule is C=C(C)C(=C)N/C=C\CN.C=N.CCC(C)c1ccc(C)c(Cl)c1.CN.Cc1cc(C)c(C)c(C)c1. The van der Waals surface area contributed by atoms with Gasteiger partial charge < -0.3 is 22.2 Å². The highest BCUT2D eigenvalue weighted by molar-refractivity contribution is 6.31. The number of allylic oxidation sites excluding steroid dienone is 1. The lowest BCUT2D eigenvalue weighted by Crippen LogP contribution is -2.05. The number of rotatable bonds is 6. The molecule has 0 aromatic heterocycles. The van der Waals surface area contributed by atoms with Crippen LogP contribution in [0.3, 0.4) is 0 Å². The predicted octanol–water partition coefficient (Wildman–Crippen LogP) is 8.06. The minimum Gasteiger partial charge on any atom is -0.362 e. The Hall–Kier alpha value is -2.66. The number of halogens is 1. The van der Waals surface area contributed by atoms with Gasteiger partial charge in [-0.15, -0.1) is 0 Å². The second-order valence-corrected chi connectivity index (χ2v) is 8.79. The summed E-state index contributed by atoms with van der Waals surface area (Å²) in [6, 6.07) is 10.8. The summed E-state index contributed by atoms with van der Waals surface area (Å²) in [5.74, 6) is 0.614. The molecule has 0 aliphatic carbocycles. The van der Waals surface area contributed by atoms with Gasteiger partial charge in [-0.05, 0) is 113 Å². The van der Waals surface area contributed by atoms with Crippen LogP contribution in [-0.2, 0) is 0 Å². The van der Waals surface area contributed by atoms with Crippen LogP contribution in [0, 0.1) is 40.0 Å². The first-order valence-electron chi connectivity index (χ1n) is 12.1. The Balaban J connectivity index is -0.000000426. The Morgan fingerprint density at radius 1 is 1.00 bits per heavy atom. The summed E-state index contributed by atoms with van der Waals surface area (Å²) in [6.45, 7) is 27.4. The van der Waals surface area contributed by atoms with E-state index in [1.807, 2.05) is 19.9 Å². The van der Waals surface area contributed by atoms with Crippen LogP contribution in [0.15, 0.2) is 67.0 Å². The largest absolute Gasteiger partial charge is 0.362 e. The van der Waals surface area contributed by atoms with E-state index in [9.17, 15) is 0 Å². The van der Waals surface area contributed by atoms with Gasteiger partial charge >= 0.3 is 0 Å². The lowest BCUT2D eigenvalue weighted by molar-refractivity contribution is 0.733. The highest BCUT2D eigenvalue weighted by Gasteiger charge is 2.03. The van der Waals surface area contributed by atoms with Crippen LogP contribution in [-0.4, -0.2) is 20.3 Å². The molecule has 0 bridgehead atoms. The van der Waals surface area contributed by atoms with E-state index in [1.54, 1.807) is 6.20 Å². The second kappa shape index (κ2) is 22.8. The van der Waals surface area contributed by atoms with E-state index in [2.05, 4.69) is 103 Å². The van der Waals surface area contributed by atoms with Crippen molar-refractivity contribution in [1.82, 2.24) is 5.32 Å². The monoisotopic (exact) mass is 514 g/mol. The van der Waals surface area contributed by atoms with E-state index in [1.165, 1.54) is 41.3 Å². The molecule has 0 spiro atoms. The van der Waals surface area contributed by atoms with E-state index in [0.29, 0.717) is 12.5 Å². The third-order valence-corrected chi connectivity index (χ3v) is 5.88. The zero-order valence-corrected chi connectivity index (χ0v) is 24.9. The van der Waals surface area contributed by atoms with Crippen LogP contribution in [0.1, 0.15) is 66.5 Å². The molecule has 0 aliphatic rings. The molecule has 0 saturated carbocycles. The van der Waals surface area contributed by atoms with Gasteiger partial charge in [-0.3, -0.25) is 0 Å². The van der Waals surface area contributed by atoms with Gasteiger partial charge in [-0.25, -0.2) is 0 Å². The number of benzene rings is 2. The lowest BCUT2D eigenvalue weighted by atomic mass is 9.98. The van der Waals surface area contributed by atoms with Gasteiger partial charge in [-0.1, -0.05) is 74.5 Å². The van der Waals surface area contributed by atoms with Crippen molar-refractivity contribution in [3.05, 3.63) is 105 Å². The lowest BCUT2D eigenvalue weighted by Gasteiger charge is -2.09. The normalized spacial score (nSPS) is 10.1. The average Bonchev–Trinajstić information content (AvgIpc) is 2.87. The summed E-state index contributed by atoms with van der Waals surface area (Å²) >= 11 is 6.01. The first-order valence-corrected chi connectivity index (χ1v) is 12.5. The molecule has 0 fully saturated rings. The van der Waals surface area contributed by atoms with Crippen LogP contribution >= 0.6 is 11.6 Å². The first kappa shape index (κ1) is 37.9. The van der Waals surface area contributed by atoms with Gasteiger partial charge in [0.25, 0.3) is 0 Å². The van der Waals surface area contributed by atoms with Crippen LogP contribution in [0.4, 0.5) is 0 Å². The van der Waals surface area contributed by atoms with Crippen molar-refractivity contribution in [2.24, 2.45) is 11.5 Å².